The fourth-order valence-electron chi connectivity index (χ4n) is 2.47. The summed E-state index contributed by atoms with van der Waals surface area (Å²) >= 11 is 0.878. The number of Topliss-reactive ketones (excluding diaryl/α,β-unsaturated/α-hetero) is 1. The first-order chi connectivity index (χ1) is 11.5. The lowest BCUT2D eigenvalue weighted by molar-refractivity contribution is -0.115. The Morgan fingerprint density at radius 1 is 1.17 bits per heavy atom. The van der Waals surface area contributed by atoms with Crippen LogP contribution in [0.3, 0.4) is 0 Å². The number of benzene rings is 1. The van der Waals surface area contributed by atoms with Gasteiger partial charge in [0.15, 0.2) is 5.78 Å². The van der Waals surface area contributed by atoms with Gasteiger partial charge < -0.3 is 4.98 Å². The SMILES string of the molecule is Cc1cc[nH]c1CCC(=O)c1ccc(C=C2SC(=O)NC2=O)cc1. The molecule has 6 heteroatoms. The van der Waals surface area contributed by atoms with Crippen LogP contribution >= 0.6 is 11.8 Å². The number of carbonyl (C=O) groups excluding carboxylic acids is 3. The Bertz CT molecular complexity index is 834. The minimum atomic E-state index is -0.383. The van der Waals surface area contributed by atoms with Crippen LogP contribution in [0, 0.1) is 6.92 Å². The van der Waals surface area contributed by atoms with Crippen molar-refractivity contribution in [3.63, 3.8) is 0 Å². The zero-order valence-electron chi connectivity index (χ0n) is 13.1. The molecule has 2 aromatic rings. The predicted octanol–water partition coefficient (Wildman–Crippen LogP) is 3.46. The monoisotopic (exact) mass is 340 g/mol. The summed E-state index contributed by atoms with van der Waals surface area (Å²) in [5.41, 5.74) is 3.66. The largest absolute Gasteiger partial charge is 0.365 e. The molecule has 1 fully saturated rings. The van der Waals surface area contributed by atoms with Gasteiger partial charge in [0.1, 0.15) is 0 Å². The molecule has 0 bridgehead atoms. The number of aryl methyl sites for hydroxylation is 2. The molecule has 1 saturated heterocycles. The first kappa shape index (κ1) is 16.3. The minimum Gasteiger partial charge on any atom is -0.365 e. The molecule has 0 radical (unpaired) electrons. The van der Waals surface area contributed by atoms with Crippen LogP contribution < -0.4 is 5.32 Å². The molecule has 0 aliphatic carbocycles. The van der Waals surface area contributed by atoms with Crippen LogP contribution in [-0.2, 0) is 11.2 Å². The molecule has 0 unspecified atom stereocenters. The second kappa shape index (κ2) is 6.88. The molecule has 0 saturated carbocycles. The number of ketones is 1. The molecule has 122 valence electrons. The van der Waals surface area contributed by atoms with Gasteiger partial charge in [0.2, 0.25) is 0 Å². The van der Waals surface area contributed by atoms with Gasteiger partial charge in [-0.1, -0.05) is 24.3 Å². The molecule has 5 nitrogen and oxygen atoms in total. The fourth-order valence-corrected chi connectivity index (χ4v) is 3.15. The quantitative estimate of drug-likeness (QED) is 0.645. The summed E-state index contributed by atoms with van der Waals surface area (Å²) in [5.74, 6) is -0.308. The number of rotatable bonds is 5. The Balaban J connectivity index is 1.65. The van der Waals surface area contributed by atoms with E-state index in [-0.39, 0.29) is 16.9 Å². The van der Waals surface area contributed by atoms with Crippen LogP contribution in [0.1, 0.15) is 33.6 Å². The summed E-state index contributed by atoms with van der Waals surface area (Å²) in [6.07, 6.45) is 4.64. The van der Waals surface area contributed by atoms with Crippen molar-refractivity contribution in [2.24, 2.45) is 0 Å². The lowest BCUT2D eigenvalue weighted by Crippen LogP contribution is -2.17. The van der Waals surface area contributed by atoms with E-state index in [0.717, 1.165) is 28.6 Å². The molecule has 24 heavy (non-hydrogen) atoms. The zero-order chi connectivity index (χ0) is 17.1. The summed E-state index contributed by atoms with van der Waals surface area (Å²) in [4.78, 5) is 38.4. The molecular formula is C18H16N2O3S. The Labute approximate surface area is 143 Å². The highest BCUT2D eigenvalue weighted by Gasteiger charge is 2.24. The van der Waals surface area contributed by atoms with E-state index in [2.05, 4.69) is 10.3 Å². The van der Waals surface area contributed by atoms with E-state index in [9.17, 15) is 14.4 Å². The van der Waals surface area contributed by atoms with Gasteiger partial charge in [0, 0.05) is 23.9 Å². The number of aromatic nitrogens is 1. The third-order valence-electron chi connectivity index (χ3n) is 3.84. The second-order valence-corrected chi connectivity index (χ2v) is 6.55. The van der Waals surface area contributed by atoms with Crippen LogP contribution in [0.25, 0.3) is 6.08 Å². The molecule has 3 rings (SSSR count). The lowest BCUT2D eigenvalue weighted by Gasteiger charge is -2.03. The van der Waals surface area contributed by atoms with E-state index in [0.29, 0.717) is 23.3 Å². The van der Waals surface area contributed by atoms with Gasteiger partial charge in [-0.05, 0) is 48.4 Å². The number of imide groups is 1. The van der Waals surface area contributed by atoms with E-state index >= 15 is 0 Å². The van der Waals surface area contributed by atoms with Crippen molar-refractivity contribution in [3.8, 4) is 0 Å². The third kappa shape index (κ3) is 3.65. The van der Waals surface area contributed by atoms with Crippen LogP contribution in [-0.4, -0.2) is 21.9 Å². The lowest BCUT2D eigenvalue weighted by atomic mass is 10.0. The topological polar surface area (TPSA) is 79.0 Å². The minimum absolute atomic E-state index is 0.0753. The van der Waals surface area contributed by atoms with Crippen molar-refractivity contribution in [1.29, 1.82) is 0 Å². The molecule has 1 aromatic heterocycles. The molecule has 2 amide bonds. The van der Waals surface area contributed by atoms with E-state index in [1.54, 1.807) is 30.3 Å². The summed E-state index contributed by atoms with van der Waals surface area (Å²) in [6.45, 7) is 2.01. The highest BCUT2D eigenvalue weighted by atomic mass is 32.2. The maximum absolute atomic E-state index is 12.3. The molecule has 0 spiro atoms. The van der Waals surface area contributed by atoms with Gasteiger partial charge in [-0.2, -0.15) is 0 Å². The number of aromatic amines is 1. The van der Waals surface area contributed by atoms with Crippen LogP contribution in [0.4, 0.5) is 4.79 Å². The third-order valence-corrected chi connectivity index (χ3v) is 4.65. The Kier molecular flexibility index (Phi) is 4.66. The summed E-state index contributed by atoms with van der Waals surface area (Å²) in [5, 5.41) is 1.85. The predicted molar refractivity (Wildman–Crippen MR) is 93.7 cm³/mol. The first-order valence-electron chi connectivity index (χ1n) is 7.54. The molecule has 1 aliphatic rings. The van der Waals surface area contributed by atoms with Crippen LogP contribution in [0.5, 0.6) is 0 Å². The van der Waals surface area contributed by atoms with Gasteiger partial charge in [-0.25, -0.2) is 0 Å². The fraction of sp³-hybridized carbons (Fsp3) is 0.167. The normalized spacial score (nSPS) is 15.8. The highest BCUT2D eigenvalue weighted by molar-refractivity contribution is 8.18. The van der Waals surface area contributed by atoms with E-state index in [1.807, 2.05) is 19.2 Å². The van der Waals surface area contributed by atoms with Crippen molar-refractivity contribution in [3.05, 3.63) is 63.8 Å². The Morgan fingerprint density at radius 2 is 1.92 bits per heavy atom. The molecule has 2 heterocycles. The average molecular weight is 340 g/mol. The summed E-state index contributed by atoms with van der Waals surface area (Å²) in [6, 6.07) is 9.03. The zero-order valence-corrected chi connectivity index (χ0v) is 13.9. The van der Waals surface area contributed by atoms with Crippen molar-refractivity contribution in [1.82, 2.24) is 10.3 Å². The summed E-state index contributed by atoms with van der Waals surface area (Å²) < 4.78 is 0. The molecule has 2 N–H and O–H groups in total. The number of carbonyl (C=O) groups is 3. The number of hydrogen-bond acceptors (Lipinski definition) is 4. The number of H-pyrrole nitrogens is 1. The van der Waals surface area contributed by atoms with Gasteiger partial charge in [-0.3, -0.25) is 19.7 Å². The molecule has 1 aliphatic heterocycles. The maximum atomic E-state index is 12.3. The number of amides is 2. The van der Waals surface area contributed by atoms with Crippen molar-refractivity contribution in [2.45, 2.75) is 19.8 Å². The van der Waals surface area contributed by atoms with Crippen molar-refractivity contribution in [2.75, 3.05) is 0 Å². The molecular weight excluding hydrogens is 324 g/mol. The van der Waals surface area contributed by atoms with Gasteiger partial charge in [0.05, 0.1) is 4.91 Å². The number of thioether (sulfide) groups is 1. The number of nitrogens with one attached hydrogen (secondary N) is 2. The highest BCUT2D eigenvalue weighted by Crippen LogP contribution is 2.25. The van der Waals surface area contributed by atoms with Crippen LogP contribution in [0.2, 0.25) is 0 Å². The van der Waals surface area contributed by atoms with E-state index < -0.39 is 0 Å². The first-order valence-corrected chi connectivity index (χ1v) is 8.35. The molecule has 1 aromatic carbocycles. The van der Waals surface area contributed by atoms with Crippen molar-refractivity contribution >= 4 is 34.8 Å². The standard InChI is InChI=1S/C18H16N2O3S/c1-11-8-9-19-14(11)6-7-15(21)13-4-2-12(3-5-13)10-16-17(22)20-18(23)24-16/h2-5,8-10,19H,6-7H2,1H3,(H,20,22,23). The molecule has 0 atom stereocenters. The Morgan fingerprint density at radius 3 is 2.50 bits per heavy atom. The Hall–Kier alpha value is -2.60. The van der Waals surface area contributed by atoms with Gasteiger partial charge in [-0.15, -0.1) is 0 Å². The van der Waals surface area contributed by atoms with Crippen molar-refractivity contribution < 1.29 is 14.4 Å². The second-order valence-electron chi connectivity index (χ2n) is 5.54. The van der Waals surface area contributed by atoms with E-state index in [4.69, 9.17) is 0 Å². The summed E-state index contributed by atoms with van der Waals surface area (Å²) in [7, 11) is 0. The van der Waals surface area contributed by atoms with Gasteiger partial charge >= 0.3 is 0 Å². The van der Waals surface area contributed by atoms with Gasteiger partial charge in [0.25, 0.3) is 11.1 Å². The average Bonchev–Trinajstić information content (AvgIpc) is 3.11. The smallest absolute Gasteiger partial charge is 0.290 e. The maximum Gasteiger partial charge on any atom is 0.290 e. The number of hydrogen-bond donors (Lipinski definition) is 2. The van der Waals surface area contributed by atoms with Crippen LogP contribution in [0.15, 0.2) is 41.4 Å². The van der Waals surface area contributed by atoms with E-state index in [1.165, 1.54) is 0 Å².